The minimum atomic E-state index is 0.712. The number of benzene rings is 1. The van der Waals surface area contributed by atoms with Gasteiger partial charge >= 0.3 is 0 Å². The molecule has 3 nitrogen and oxygen atoms in total. The molecule has 1 aromatic carbocycles. The van der Waals surface area contributed by atoms with Gasteiger partial charge in [0.15, 0.2) is 0 Å². The van der Waals surface area contributed by atoms with Crippen LogP contribution in [0.1, 0.15) is 38.1 Å². The van der Waals surface area contributed by atoms with Crippen LogP contribution in [0.15, 0.2) is 36.7 Å². The first kappa shape index (κ1) is 12.8. The molecule has 0 aliphatic heterocycles. The minimum Gasteiger partial charge on any atom is -0.246 e. The van der Waals surface area contributed by atoms with E-state index >= 15 is 0 Å². The fraction of sp³-hybridized carbons (Fsp3) is 0.467. The molecule has 0 aliphatic carbocycles. The van der Waals surface area contributed by atoms with Gasteiger partial charge in [0.2, 0.25) is 0 Å². The Bertz CT molecular complexity index is 458. The summed E-state index contributed by atoms with van der Waals surface area (Å²) in [6.07, 6.45) is 5.10. The van der Waals surface area contributed by atoms with Crippen LogP contribution in [-0.4, -0.2) is 14.8 Å². The number of rotatable bonds is 6. The van der Waals surface area contributed by atoms with E-state index in [1.807, 2.05) is 10.7 Å². The number of nitrogens with zero attached hydrogens (tertiary/aromatic N) is 3. The second-order valence-corrected chi connectivity index (χ2v) is 4.71. The van der Waals surface area contributed by atoms with Gasteiger partial charge in [-0.3, -0.25) is 0 Å². The van der Waals surface area contributed by atoms with Crippen LogP contribution in [0, 0.1) is 5.92 Å². The van der Waals surface area contributed by atoms with Crippen LogP contribution < -0.4 is 0 Å². The monoisotopic (exact) mass is 243 g/mol. The summed E-state index contributed by atoms with van der Waals surface area (Å²) in [6.45, 7) is 5.30. The van der Waals surface area contributed by atoms with Crippen molar-refractivity contribution >= 4 is 0 Å². The number of hydrogen-bond acceptors (Lipinski definition) is 2. The van der Waals surface area contributed by atoms with Gasteiger partial charge < -0.3 is 0 Å². The Kier molecular flexibility index (Phi) is 4.51. The molecule has 1 heterocycles. The van der Waals surface area contributed by atoms with Crippen molar-refractivity contribution < 1.29 is 0 Å². The molecular weight excluding hydrogens is 222 g/mol. The van der Waals surface area contributed by atoms with Gasteiger partial charge in [0.25, 0.3) is 0 Å². The van der Waals surface area contributed by atoms with Crippen LogP contribution in [-0.2, 0) is 13.0 Å². The molecule has 0 atom stereocenters. The summed E-state index contributed by atoms with van der Waals surface area (Å²) < 4.78 is 2.02. The van der Waals surface area contributed by atoms with Crippen LogP contribution in [0.25, 0.3) is 0 Å². The number of aromatic nitrogens is 3. The average molecular weight is 243 g/mol. The highest BCUT2D eigenvalue weighted by Crippen LogP contribution is 2.14. The third-order valence-corrected chi connectivity index (χ3v) is 3.50. The van der Waals surface area contributed by atoms with Crippen molar-refractivity contribution in [2.24, 2.45) is 5.92 Å². The second-order valence-electron chi connectivity index (χ2n) is 4.71. The Morgan fingerprint density at radius 1 is 1.11 bits per heavy atom. The van der Waals surface area contributed by atoms with Crippen molar-refractivity contribution in [1.82, 2.24) is 14.8 Å². The SMILES string of the molecule is CCC(CC)Cc1ncnn1Cc1ccccc1. The predicted molar refractivity (Wildman–Crippen MR) is 73.3 cm³/mol. The van der Waals surface area contributed by atoms with Gasteiger partial charge in [-0.15, -0.1) is 0 Å². The standard InChI is InChI=1S/C15H21N3/c1-3-13(4-2)10-15-16-12-17-18(15)11-14-8-6-5-7-9-14/h5-9,12-13H,3-4,10-11H2,1-2H3. The third kappa shape index (κ3) is 3.19. The van der Waals surface area contributed by atoms with Gasteiger partial charge in [0.05, 0.1) is 6.54 Å². The molecule has 2 rings (SSSR count). The van der Waals surface area contributed by atoms with E-state index in [0.29, 0.717) is 5.92 Å². The van der Waals surface area contributed by atoms with Crippen molar-refractivity contribution in [2.75, 3.05) is 0 Å². The van der Waals surface area contributed by atoms with Crippen LogP contribution in [0.4, 0.5) is 0 Å². The molecule has 1 aromatic heterocycles. The molecule has 0 unspecified atom stereocenters. The lowest BCUT2D eigenvalue weighted by molar-refractivity contribution is 0.462. The van der Waals surface area contributed by atoms with Gasteiger partial charge in [-0.05, 0) is 11.5 Å². The molecule has 0 saturated carbocycles. The molecule has 0 bridgehead atoms. The summed E-state index contributed by atoms with van der Waals surface area (Å²) in [5.41, 5.74) is 1.27. The molecule has 0 saturated heterocycles. The normalized spacial score (nSPS) is 11.1. The van der Waals surface area contributed by atoms with Gasteiger partial charge in [0, 0.05) is 6.42 Å². The second kappa shape index (κ2) is 6.34. The lowest BCUT2D eigenvalue weighted by Gasteiger charge is -2.12. The van der Waals surface area contributed by atoms with Crippen molar-refractivity contribution in [1.29, 1.82) is 0 Å². The Morgan fingerprint density at radius 3 is 2.50 bits per heavy atom. The molecule has 0 aliphatic rings. The minimum absolute atomic E-state index is 0.712. The van der Waals surface area contributed by atoms with E-state index in [4.69, 9.17) is 0 Å². The third-order valence-electron chi connectivity index (χ3n) is 3.50. The molecule has 18 heavy (non-hydrogen) atoms. The van der Waals surface area contributed by atoms with Crippen LogP contribution in [0.3, 0.4) is 0 Å². The maximum Gasteiger partial charge on any atom is 0.138 e. The zero-order chi connectivity index (χ0) is 12.8. The van der Waals surface area contributed by atoms with E-state index < -0.39 is 0 Å². The molecule has 0 N–H and O–H groups in total. The van der Waals surface area contributed by atoms with Crippen molar-refractivity contribution in [2.45, 2.75) is 39.7 Å². The lowest BCUT2D eigenvalue weighted by atomic mass is 9.99. The van der Waals surface area contributed by atoms with Crippen LogP contribution >= 0.6 is 0 Å². The molecule has 96 valence electrons. The maximum absolute atomic E-state index is 4.40. The highest BCUT2D eigenvalue weighted by molar-refractivity contribution is 5.15. The largest absolute Gasteiger partial charge is 0.246 e. The van der Waals surface area contributed by atoms with Crippen molar-refractivity contribution in [3.8, 4) is 0 Å². The van der Waals surface area contributed by atoms with E-state index in [1.54, 1.807) is 6.33 Å². The Labute approximate surface area is 109 Å². The van der Waals surface area contributed by atoms with Gasteiger partial charge in [0.1, 0.15) is 12.2 Å². The molecule has 2 aromatic rings. The number of hydrogen-bond donors (Lipinski definition) is 0. The summed E-state index contributed by atoms with van der Waals surface area (Å²) in [5.74, 6) is 1.82. The zero-order valence-corrected chi connectivity index (χ0v) is 11.2. The van der Waals surface area contributed by atoms with Crippen LogP contribution in [0.5, 0.6) is 0 Å². The summed E-state index contributed by atoms with van der Waals surface area (Å²) in [6, 6.07) is 10.4. The van der Waals surface area contributed by atoms with Crippen molar-refractivity contribution in [3.05, 3.63) is 48.0 Å². The molecule has 0 amide bonds. The Hall–Kier alpha value is -1.64. The summed E-state index contributed by atoms with van der Waals surface area (Å²) >= 11 is 0. The van der Waals surface area contributed by atoms with E-state index in [2.05, 4.69) is 48.2 Å². The summed E-state index contributed by atoms with van der Waals surface area (Å²) in [5, 5.41) is 4.34. The first-order valence-electron chi connectivity index (χ1n) is 6.74. The van der Waals surface area contributed by atoms with E-state index in [1.165, 1.54) is 18.4 Å². The molecule has 0 spiro atoms. The zero-order valence-electron chi connectivity index (χ0n) is 11.2. The van der Waals surface area contributed by atoms with Gasteiger partial charge in [-0.1, -0.05) is 57.0 Å². The van der Waals surface area contributed by atoms with Gasteiger partial charge in [-0.2, -0.15) is 5.10 Å². The quantitative estimate of drug-likeness (QED) is 0.779. The highest BCUT2D eigenvalue weighted by atomic mass is 15.3. The van der Waals surface area contributed by atoms with E-state index in [9.17, 15) is 0 Å². The topological polar surface area (TPSA) is 30.7 Å². The smallest absolute Gasteiger partial charge is 0.138 e. The fourth-order valence-corrected chi connectivity index (χ4v) is 2.17. The first-order valence-corrected chi connectivity index (χ1v) is 6.74. The van der Waals surface area contributed by atoms with E-state index in [-0.39, 0.29) is 0 Å². The maximum atomic E-state index is 4.40. The average Bonchev–Trinajstić information content (AvgIpc) is 2.84. The Morgan fingerprint density at radius 2 is 1.83 bits per heavy atom. The van der Waals surface area contributed by atoms with Gasteiger partial charge in [-0.25, -0.2) is 9.67 Å². The predicted octanol–water partition coefficient (Wildman–Crippen LogP) is 3.31. The molecular formula is C15H21N3. The Balaban J connectivity index is 2.08. The molecule has 0 radical (unpaired) electrons. The summed E-state index contributed by atoms with van der Waals surface area (Å²) in [4.78, 5) is 4.40. The highest BCUT2D eigenvalue weighted by Gasteiger charge is 2.10. The van der Waals surface area contributed by atoms with Crippen LogP contribution in [0.2, 0.25) is 0 Å². The lowest BCUT2D eigenvalue weighted by Crippen LogP contribution is -2.11. The van der Waals surface area contributed by atoms with E-state index in [0.717, 1.165) is 18.8 Å². The first-order chi connectivity index (χ1) is 8.83. The van der Waals surface area contributed by atoms with Crippen molar-refractivity contribution in [3.63, 3.8) is 0 Å². The summed E-state index contributed by atoms with van der Waals surface area (Å²) in [7, 11) is 0. The molecule has 0 fully saturated rings. The molecule has 3 heteroatoms. The fourth-order valence-electron chi connectivity index (χ4n) is 2.17.